The molecule has 1 fully saturated rings. The number of methoxy groups -OCH3 is 2. The molecular formula is C19H23N3O2S. The lowest BCUT2D eigenvalue weighted by Gasteiger charge is -2.37. The van der Waals surface area contributed by atoms with Crippen LogP contribution in [-0.4, -0.2) is 50.4 Å². The molecule has 2 aromatic rings. The van der Waals surface area contributed by atoms with E-state index in [-0.39, 0.29) is 0 Å². The van der Waals surface area contributed by atoms with E-state index >= 15 is 0 Å². The van der Waals surface area contributed by atoms with Crippen LogP contribution in [0.25, 0.3) is 0 Å². The quantitative estimate of drug-likeness (QED) is 0.847. The fraction of sp³-hybridized carbons (Fsp3) is 0.316. The highest BCUT2D eigenvalue weighted by molar-refractivity contribution is 7.80. The van der Waals surface area contributed by atoms with Gasteiger partial charge in [0, 0.05) is 43.6 Å². The summed E-state index contributed by atoms with van der Waals surface area (Å²) < 4.78 is 10.6. The Balaban J connectivity index is 1.58. The van der Waals surface area contributed by atoms with Crippen LogP contribution >= 0.6 is 12.2 Å². The highest BCUT2D eigenvalue weighted by Gasteiger charge is 2.19. The summed E-state index contributed by atoms with van der Waals surface area (Å²) in [5.74, 6) is 1.39. The van der Waals surface area contributed by atoms with E-state index < -0.39 is 0 Å². The highest BCUT2D eigenvalue weighted by Crippen LogP contribution is 2.30. The van der Waals surface area contributed by atoms with Crippen LogP contribution in [0.4, 0.5) is 11.4 Å². The van der Waals surface area contributed by atoms with Gasteiger partial charge in [0.05, 0.1) is 14.2 Å². The zero-order valence-corrected chi connectivity index (χ0v) is 15.4. The molecule has 132 valence electrons. The van der Waals surface area contributed by atoms with Gasteiger partial charge in [-0.25, -0.2) is 0 Å². The van der Waals surface area contributed by atoms with Gasteiger partial charge >= 0.3 is 0 Å². The molecule has 0 aliphatic carbocycles. The average Bonchev–Trinajstić information content (AvgIpc) is 2.68. The summed E-state index contributed by atoms with van der Waals surface area (Å²) in [6, 6.07) is 16.2. The smallest absolute Gasteiger partial charge is 0.173 e. The van der Waals surface area contributed by atoms with Crippen molar-refractivity contribution < 1.29 is 9.47 Å². The van der Waals surface area contributed by atoms with Crippen LogP contribution in [0.1, 0.15) is 0 Å². The van der Waals surface area contributed by atoms with Gasteiger partial charge < -0.3 is 24.6 Å². The molecule has 1 aliphatic heterocycles. The first-order valence-electron chi connectivity index (χ1n) is 8.29. The Labute approximate surface area is 154 Å². The van der Waals surface area contributed by atoms with E-state index in [1.54, 1.807) is 14.2 Å². The molecular weight excluding hydrogens is 334 g/mol. The predicted octanol–water partition coefficient (Wildman–Crippen LogP) is 3.22. The molecule has 5 nitrogen and oxygen atoms in total. The van der Waals surface area contributed by atoms with E-state index in [2.05, 4.69) is 39.4 Å². The lowest BCUT2D eigenvalue weighted by molar-refractivity contribution is 0.355. The molecule has 1 N–H and O–H groups in total. The Morgan fingerprint density at radius 3 is 2.24 bits per heavy atom. The number of nitrogens with one attached hydrogen (secondary N) is 1. The molecule has 0 amide bonds. The Bertz CT molecular complexity index is 716. The van der Waals surface area contributed by atoms with E-state index in [4.69, 9.17) is 21.7 Å². The number of anilines is 2. The third-order valence-electron chi connectivity index (χ3n) is 4.32. The zero-order chi connectivity index (χ0) is 17.6. The third kappa shape index (κ3) is 4.14. The monoisotopic (exact) mass is 357 g/mol. The van der Waals surface area contributed by atoms with Crippen LogP contribution in [0.2, 0.25) is 0 Å². The van der Waals surface area contributed by atoms with Gasteiger partial charge in [-0.1, -0.05) is 18.2 Å². The van der Waals surface area contributed by atoms with E-state index in [1.165, 1.54) is 5.69 Å². The van der Waals surface area contributed by atoms with Crippen LogP contribution in [0.15, 0.2) is 48.5 Å². The van der Waals surface area contributed by atoms with Gasteiger partial charge in [0.25, 0.3) is 0 Å². The second-order valence-corrected chi connectivity index (χ2v) is 6.20. The number of benzene rings is 2. The molecule has 6 heteroatoms. The Morgan fingerprint density at radius 1 is 0.920 bits per heavy atom. The summed E-state index contributed by atoms with van der Waals surface area (Å²) in [7, 11) is 3.25. The van der Waals surface area contributed by atoms with Crippen molar-refractivity contribution in [2.45, 2.75) is 0 Å². The minimum atomic E-state index is 0.684. The van der Waals surface area contributed by atoms with Gasteiger partial charge in [-0.3, -0.25) is 0 Å². The summed E-state index contributed by atoms with van der Waals surface area (Å²) in [4.78, 5) is 4.58. The molecule has 3 rings (SSSR count). The molecule has 0 radical (unpaired) electrons. The lowest BCUT2D eigenvalue weighted by atomic mass is 10.2. The lowest BCUT2D eigenvalue weighted by Crippen LogP contribution is -2.50. The standard InChI is InChI=1S/C19H23N3O2S/c1-23-17-9-8-15(14-18(17)24-2)20-19(25)22-12-10-21(11-13-22)16-6-4-3-5-7-16/h3-9,14H,10-13H2,1-2H3,(H,20,25). The number of rotatable bonds is 4. The third-order valence-corrected chi connectivity index (χ3v) is 4.68. The molecule has 0 atom stereocenters. The number of ether oxygens (including phenoxy) is 2. The molecule has 0 saturated carbocycles. The molecule has 0 aromatic heterocycles. The first-order chi connectivity index (χ1) is 12.2. The van der Waals surface area contributed by atoms with Crippen molar-refractivity contribution in [2.24, 2.45) is 0 Å². The molecule has 25 heavy (non-hydrogen) atoms. The molecule has 1 saturated heterocycles. The minimum absolute atomic E-state index is 0.684. The number of hydrogen-bond acceptors (Lipinski definition) is 4. The van der Waals surface area contributed by atoms with Crippen molar-refractivity contribution in [1.29, 1.82) is 0 Å². The van der Waals surface area contributed by atoms with Crippen molar-refractivity contribution in [3.8, 4) is 11.5 Å². The van der Waals surface area contributed by atoms with Crippen molar-refractivity contribution >= 4 is 28.7 Å². The molecule has 1 aliphatic rings. The summed E-state index contributed by atoms with van der Waals surface area (Å²) >= 11 is 5.58. The van der Waals surface area contributed by atoms with Gasteiger partial charge in [0.15, 0.2) is 16.6 Å². The number of piperazine rings is 1. The van der Waals surface area contributed by atoms with Crippen LogP contribution in [0, 0.1) is 0 Å². The predicted molar refractivity (Wildman–Crippen MR) is 106 cm³/mol. The van der Waals surface area contributed by atoms with Gasteiger partial charge in [-0.2, -0.15) is 0 Å². The minimum Gasteiger partial charge on any atom is -0.493 e. The van der Waals surface area contributed by atoms with Gasteiger partial charge in [0.1, 0.15) is 0 Å². The fourth-order valence-electron chi connectivity index (χ4n) is 2.92. The summed E-state index contributed by atoms with van der Waals surface area (Å²) in [6.45, 7) is 3.71. The number of nitrogens with zero attached hydrogens (tertiary/aromatic N) is 2. The van der Waals surface area contributed by atoms with Crippen LogP contribution in [0.5, 0.6) is 11.5 Å². The number of hydrogen-bond donors (Lipinski definition) is 1. The average molecular weight is 357 g/mol. The molecule has 0 bridgehead atoms. The van der Waals surface area contributed by atoms with Crippen molar-refractivity contribution in [3.63, 3.8) is 0 Å². The van der Waals surface area contributed by atoms with Crippen molar-refractivity contribution in [1.82, 2.24) is 4.90 Å². The zero-order valence-electron chi connectivity index (χ0n) is 14.6. The van der Waals surface area contributed by atoms with Crippen LogP contribution in [-0.2, 0) is 0 Å². The second kappa shape index (κ2) is 8.07. The van der Waals surface area contributed by atoms with Gasteiger partial charge in [-0.05, 0) is 36.5 Å². The normalized spacial score (nSPS) is 14.2. The van der Waals surface area contributed by atoms with Crippen LogP contribution in [0.3, 0.4) is 0 Å². The van der Waals surface area contributed by atoms with Gasteiger partial charge in [-0.15, -0.1) is 0 Å². The van der Waals surface area contributed by atoms with Crippen LogP contribution < -0.4 is 19.7 Å². The fourth-order valence-corrected chi connectivity index (χ4v) is 3.22. The maximum absolute atomic E-state index is 5.58. The first kappa shape index (κ1) is 17.4. The molecule has 1 heterocycles. The maximum Gasteiger partial charge on any atom is 0.173 e. The van der Waals surface area contributed by atoms with E-state index in [0.29, 0.717) is 11.5 Å². The number of thiocarbonyl (C=S) groups is 1. The highest BCUT2D eigenvalue weighted by atomic mass is 32.1. The Morgan fingerprint density at radius 2 is 1.60 bits per heavy atom. The second-order valence-electron chi connectivity index (χ2n) is 5.81. The van der Waals surface area contributed by atoms with Crippen molar-refractivity contribution in [2.75, 3.05) is 50.6 Å². The maximum atomic E-state index is 5.58. The topological polar surface area (TPSA) is 37.0 Å². The largest absolute Gasteiger partial charge is 0.493 e. The molecule has 0 spiro atoms. The van der Waals surface area contributed by atoms with E-state index in [9.17, 15) is 0 Å². The van der Waals surface area contributed by atoms with E-state index in [0.717, 1.165) is 37.0 Å². The summed E-state index contributed by atoms with van der Waals surface area (Å²) in [5.41, 5.74) is 2.16. The summed E-state index contributed by atoms with van der Waals surface area (Å²) in [5, 5.41) is 4.03. The summed E-state index contributed by atoms with van der Waals surface area (Å²) in [6.07, 6.45) is 0. The first-order valence-corrected chi connectivity index (χ1v) is 8.70. The Kier molecular flexibility index (Phi) is 5.60. The SMILES string of the molecule is COc1ccc(NC(=S)N2CCN(c3ccccc3)CC2)cc1OC. The molecule has 0 unspecified atom stereocenters. The molecule has 2 aromatic carbocycles. The van der Waals surface area contributed by atoms with E-state index in [1.807, 2.05) is 24.3 Å². The van der Waals surface area contributed by atoms with Crippen molar-refractivity contribution in [3.05, 3.63) is 48.5 Å². The number of para-hydroxylation sites is 1. The Hall–Kier alpha value is -2.47. The van der Waals surface area contributed by atoms with Gasteiger partial charge in [0.2, 0.25) is 0 Å².